The minimum Gasteiger partial charge on any atom is -0.733 e. The average molecular weight is 370 g/mol. The van der Waals surface area contributed by atoms with Crippen molar-refractivity contribution < 1.29 is 9.94 Å². The maximum absolute atomic E-state index is 11.3. The first-order valence-corrected chi connectivity index (χ1v) is 9.48. The van der Waals surface area contributed by atoms with E-state index in [1.165, 1.54) is 5.56 Å². The molecular formula is C21H28N3O3-. The van der Waals surface area contributed by atoms with E-state index in [0.717, 1.165) is 44.6 Å². The summed E-state index contributed by atoms with van der Waals surface area (Å²) in [6.45, 7) is 3.94. The van der Waals surface area contributed by atoms with Gasteiger partial charge >= 0.3 is 0 Å². The van der Waals surface area contributed by atoms with Crippen molar-refractivity contribution in [2.75, 3.05) is 32.0 Å². The molecule has 0 saturated carbocycles. The van der Waals surface area contributed by atoms with Crippen LogP contribution in [0.25, 0.3) is 0 Å². The number of hydrogen-bond acceptors (Lipinski definition) is 6. The topological polar surface area (TPSA) is 71.0 Å². The highest BCUT2D eigenvalue weighted by Gasteiger charge is 2.18. The molecule has 0 aliphatic carbocycles. The monoisotopic (exact) mass is 370 g/mol. The van der Waals surface area contributed by atoms with Gasteiger partial charge in [0, 0.05) is 12.6 Å². The van der Waals surface area contributed by atoms with Crippen molar-refractivity contribution in [3.05, 3.63) is 64.9 Å². The summed E-state index contributed by atoms with van der Waals surface area (Å²) in [5.41, 5.74) is 2.41. The molecule has 6 heteroatoms. The third kappa shape index (κ3) is 5.68. The molecule has 0 radical (unpaired) electrons. The average Bonchev–Trinajstić information content (AvgIpc) is 2.70. The smallest absolute Gasteiger partial charge is 0.119 e. The first-order valence-electron chi connectivity index (χ1n) is 9.48. The maximum atomic E-state index is 11.3. The molecule has 0 aromatic heterocycles. The molecule has 2 N–H and O–H groups in total. The normalized spacial score (nSPS) is 15.7. The van der Waals surface area contributed by atoms with Gasteiger partial charge in [-0.05, 0) is 68.2 Å². The number of rotatable bonds is 8. The fourth-order valence-corrected chi connectivity index (χ4v) is 3.62. The van der Waals surface area contributed by atoms with Crippen molar-refractivity contribution in [1.29, 1.82) is 0 Å². The number of ether oxygens (including phenoxy) is 1. The SMILES string of the molecule is COc1ccc(N([O-])O)c(CCNC2CCN(Cc3ccccc3)CC2)c1. The number of nitrogens with one attached hydrogen (secondary N) is 1. The van der Waals surface area contributed by atoms with Gasteiger partial charge in [-0.3, -0.25) is 10.1 Å². The zero-order valence-electron chi connectivity index (χ0n) is 15.8. The molecule has 0 spiro atoms. The van der Waals surface area contributed by atoms with Crippen LogP contribution in [0.1, 0.15) is 24.0 Å². The molecule has 1 aliphatic rings. The van der Waals surface area contributed by atoms with E-state index >= 15 is 0 Å². The van der Waals surface area contributed by atoms with Crippen molar-refractivity contribution in [2.45, 2.75) is 31.8 Å². The Morgan fingerprint density at radius 2 is 1.93 bits per heavy atom. The zero-order chi connectivity index (χ0) is 19.1. The summed E-state index contributed by atoms with van der Waals surface area (Å²) >= 11 is 0. The van der Waals surface area contributed by atoms with Gasteiger partial charge in [-0.2, -0.15) is 0 Å². The lowest BCUT2D eigenvalue weighted by atomic mass is 10.0. The van der Waals surface area contributed by atoms with E-state index in [0.29, 0.717) is 18.2 Å². The predicted octanol–water partition coefficient (Wildman–Crippen LogP) is 3.19. The lowest BCUT2D eigenvalue weighted by Crippen LogP contribution is -2.42. The molecule has 0 amide bonds. The predicted molar refractivity (Wildman–Crippen MR) is 107 cm³/mol. The Kier molecular flexibility index (Phi) is 7.06. The summed E-state index contributed by atoms with van der Waals surface area (Å²) in [7, 11) is 1.59. The highest BCUT2D eigenvalue weighted by atomic mass is 16.8. The van der Waals surface area contributed by atoms with Gasteiger partial charge < -0.3 is 20.5 Å². The highest BCUT2D eigenvalue weighted by Crippen LogP contribution is 2.24. The standard InChI is InChI=1S/C21H28N3O3/c1-27-20-7-8-21(24(25)26)18(15-20)9-12-22-19-10-13-23(14-11-19)16-17-5-3-2-4-6-17/h2-8,15,19,22,25H,9-14,16H2,1H3/q-1. The van der Waals surface area contributed by atoms with Crippen LogP contribution in [0, 0.1) is 5.21 Å². The van der Waals surface area contributed by atoms with Crippen LogP contribution in [-0.2, 0) is 13.0 Å². The minimum absolute atomic E-state index is 0.0726. The molecule has 2 aromatic rings. The molecule has 27 heavy (non-hydrogen) atoms. The van der Waals surface area contributed by atoms with Crippen LogP contribution in [-0.4, -0.2) is 42.9 Å². The summed E-state index contributed by atoms with van der Waals surface area (Å²) in [4.78, 5) is 2.49. The minimum atomic E-state index is -0.0726. The van der Waals surface area contributed by atoms with Crippen LogP contribution in [0.15, 0.2) is 48.5 Å². The molecule has 1 saturated heterocycles. The van der Waals surface area contributed by atoms with Gasteiger partial charge in [-0.25, -0.2) is 0 Å². The van der Waals surface area contributed by atoms with E-state index in [4.69, 9.17) is 4.74 Å². The number of piperidine rings is 1. The number of anilines is 1. The number of methoxy groups -OCH3 is 1. The van der Waals surface area contributed by atoms with Gasteiger partial charge in [-0.15, -0.1) is 0 Å². The van der Waals surface area contributed by atoms with Crippen molar-refractivity contribution in [3.8, 4) is 5.75 Å². The largest absolute Gasteiger partial charge is 0.733 e. The second-order valence-corrected chi connectivity index (χ2v) is 7.01. The van der Waals surface area contributed by atoms with Crippen LogP contribution in [0.2, 0.25) is 0 Å². The van der Waals surface area contributed by atoms with E-state index in [1.807, 2.05) is 0 Å². The molecule has 2 aromatic carbocycles. The Labute approximate surface area is 160 Å². The van der Waals surface area contributed by atoms with Gasteiger partial charge in [0.25, 0.3) is 0 Å². The van der Waals surface area contributed by atoms with Crippen molar-refractivity contribution in [1.82, 2.24) is 10.2 Å². The summed E-state index contributed by atoms with van der Waals surface area (Å²) < 4.78 is 5.22. The van der Waals surface area contributed by atoms with Crippen LogP contribution >= 0.6 is 0 Å². The number of hydrogen-bond donors (Lipinski definition) is 2. The van der Waals surface area contributed by atoms with Gasteiger partial charge in [0.05, 0.1) is 12.8 Å². The Hall–Kier alpha value is -2.12. The maximum Gasteiger partial charge on any atom is 0.119 e. The quantitative estimate of drug-likeness (QED) is 0.696. The molecule has 1 heterocycles. The second-order valence-electron chi connectivity index (χ2n) is 7.01. The third-order valence-corrected chi connectivity index (χ3v) is 5.16. The molecule has 6 nitrogen and oxygen atoms in total. The van der Waals surface area contributed by atoms with E-state index in [2.05, 4.69) is 40.5 Å². The van der Waals surface area contributed by atoms with E-state index in [-0.39, 0.29) is 10.9 Å². The van der Waals surface area contributed by atoms with E-state index in [1.54, 1.807) is 25.3 Å². The first kappa shape index (κ1) is 19.6. The van der Waals surface area contributed by atoms with Crippen molar-refractivity contribution in [2.24, 2.45) is 0 Å². The fourth-order valence-electron chi connectivity index (χ4n) is 3.62. The van der Waals surface area contributed by atoms with Crippen LogP contribution < -0.4 is 15.3 Å². The van der Waals surface area contributed by atoms with Gasteiger partial charge in [0.1, 0.15) is 5.75 Å². The molecule has 0 atom stereocenters. The van der Waals surface area contributed by atoms with E-state index in [9.17, 15) is 10.4 Å². The molecule has 146 valence electrons. The van der Waals surface area contributed by atoms with Gasteiger partial charge in [0.15, 0.2) is 0 Å². The Balaban J connectivity index is 1.44. The summed E-state index contributed by atoms with van der Waals surface area (Å²) in [6, 6.07) is 16.1. The number of nitrogens with zero attached hydrogens (tertiary/aromatic N) is 2. The second kappa shape index (κ2) is 9.71. The number of likely N-dealkylation sites (tertiary alicyclic amines) is 1. The summed E-state index contributed by atoms with van der Waals surface area (Å²) in [5, 5.41) is 24.1. The third-order valence-electron chi connectivity index (χ3n) is 5.16. The van der Waals surface area contributed by atoms with Crippen molar-refractivity contribution in [3.63, 3.8) is 0 Å². The van der Waals surface area contributed by atoms with Crippen LogP contribution in [0.4, 0.5) is 5.69 Å². The van der Waals surface area contributed by atoms with Gasteiger partial charge in [-0.1, -0.05) is 30.3 Å². The Morgan fingerprint density at radius 1 is 1.19 bits per heavy atom. The molecule has 0 unspecified atom stereocenters. The molecular weight excluding hydrogens is 342 g/mol. The van der Waals surface area contributed by atoms with Gasteiger partial charge in [0.2, 0.25) is 0 Å². The Bertz CT molecular complexity index is 701. The van der Waals surface area contributed by atoms with E-state index < -0.39 is 0 Å². The fraction of sp³-hybridized carbons (Fsp3) is 0.429. The Morgan fingerprint density at radius 3 is 2.59 bits per heavy atom. The lowest BCUT2D eigenvalue weighted by Gasteiger charge is -2.32. The first-order chi connectivity index (χ1) is 13.2. The summed E-state index contributed by atoms with van der Waals surface area (Å²) in [5.74, 6) is 0.685. The summed E-state index contributed by atoms with van der Waals surface area (Å²) in [6.07, 6.45) is 2.90. The van der Waals surface area contributed by atoms with Crippen LogP contribution in [0.5, 0.6) is 5.75 Å². The highest BCUT2D eigenvalue weighted by molar-refractivity contribution is 5.55. The molecule has 0 bridgehead atoms. The molecule has 3 rings (SSSR count). The lowest BCUT2D eigenvalue weighted by molar-refractivity contribution is 0.191. The van der Waals surface area contributed by atoms with Crippen molar-refractivity contribution >= 4 is 5.69 Å². The zero-order valence-corrected chi connectivity index (χ0v) is 15.8. The number of benzene rings is 2. The van der Waals surface area contributed by atoms with Crippen LogP contribution in [0.3, 0.4) is 0 Å². The molecule has 1 fully saturated rings. The molecule has 1 aliphatic heterocycles.